The zero-order chi connectivity index (χ0) is 10.5. The van der Waals surface area contributed by atoms with Crippen molar-refractivity contribution in [1.82, 2.24) is 0 Å². The number of anilines is 1. The van der Waals surface area contributed by atoms with Crippen LogP contribution in [-0.2, 0) is 12.0 Å². The highest BCUT2D eigenvalue weighted by atomic mass is 16.3. The first-order valence-corrected chi connectivity index (χ1v) is 5.77. The first kappa shape index (κ1) is 9.22. The van der Waals surface area contributed by atoms with Gasteiger partial charge < -0.3 is 10.0 Å². The monoisotopic (exact) mass is 203 g/mol. The summed E-state index contributed by atoms with van der Waals surface area (Å²) in [6.07, 6.45) is 4.20. The molecule has 0 unspecified atom stereocenters. The lowest BCUT2D eigenvalue weighted by Crippen LogP contribution is -2.26. The van der Waals surface area contributed by atoms with Crippen LogP contribution in [0.5, 0.6) is 0 Å². The Bertz CT molecular complexity index is 396. The van der Waals surface area contributed by atoms with E-state index < -0.39 is 5.60 Å². The van der Waals surface area contributed by atoms with Gasteiger partial charge in [0.2, 0.25) is 0 Å². The molecule has 2 aliphatic rings. The van der Waals surface area contributed by atoms with Crippen molar-refractivity contribution in [1.29, 1.82) is 0 Å². The average Bonchev–Trinajstić information content (AvgIpc) is 2.98. The maximum absolute atomic E-state index is 10.2. The lowest BCUT2D eigenvalue weighted by atomic mass is 9.92. The molecule has 1 aromatic carbocycles. The maximum atomic E-state index is 10.2. The predicted molar refractivity (Wildman–Crippen MR) is 61.2 cm³/mol. The van der Waals surface area contributed by atoms with E-state index in [0.717, 1.165) is 25.8 Å². The van der Waals surface area contributed by atoms with Gasteiger partial charge in [-0.2, -0.15) is 0 Å². The molecule has 1 N–H and O–H groups in total. The fourth-order valence-electron chi connectivity index (χ4n) is 2.63. The van der Waals surface area contributed by atoms with Gasteiger partial charge >= 0.3 is 0 Å². The molecule has 0 aromatic heterocycles. The summed E-state index contributed by atoms with van der Waals surface area (Å²) in [7, 11) is 2.14. The molecule has 0 bridgehead atoms. The lowest BCUT2D eigenvalue weighted by molar-refractivity contribution is 0.150. The van der Waals surface area contributed by atoms with E-state index in [4.69, 9.17) is 0 Å². The second-order valence-corrected chi connectivity index (χ2v) is 4.86. The smallest absolute Gasteiger partial charge is 0.0902 e. The molecule has 80 valence electrons. The normalized spacial score (nSPS) is 22.4. The van der Waals surface area contributed by atoms with Crippen LogP contribution < -0.4 is 4.90 Å². The number of fused-ring (bicyclic) bond motifs is 1. The van der Waals surface area contributed by atoms with Gasteiger partial charge in [0.25, 0.3) is 0 Å². The van der Waals surface area contributed by atoms with Crippen molar-refractivity contribution in [3.63, 3.8) is 0 Å². The third kappa shape index (κ3) is 1.36. The molecule has 15 heavy (non-hydrogen) atoms. The SMILES string of the molecule is CN1CCCc2c1cccc2C1(O)CC1. The molecule has 1 heterocycles. The fourth-order valence-corrected chi connectivity index (χ4v) is 2.63. The molecule has 0 saturated heterocycles. The number of benzene rings is 1. The molecule has 0 atom stereocenters. The van der Waals surface area contributed by atoms with E-state index in [1.54, 1.807) is 0 Å². The van der Waals surface area contributed by atoms with Crippen molar-refractivity contribution >= 4 is 5.69 Å². The highest BCUT2D eigenvalue weighted by Gasteiger charge is 2.44. The summed E-state index contributed by atoms with van der Waals surface area (Å²) in [4.78, 5) is 2.30. The van der Waals surface area contributed by atoms with Crippen LogP contribution >= 0.6 is 0 Å². The molecule has 0 spiro atoms. The molecular formula is C13H17NO. The number of hydrogen-bond donors (Lipinski definition) is 1. The zero-order valence-corrected chi connectivity index (χ0v) is 9.16. The summed E-state index contributed by atoms with van der Waals surface area (Å²) >= 11 is 0. The Morgan fingerprint density at radius 3 is 2.87 bits per heavy atom. The second kappa shape index (κ2) is 2.99. The minimum Gasteiger partial charge on any atom is -0.385 e. The standard InChI is InChI=1S/C13H17NO/c1-14-9-3-4-10-11(13(15)7-8-13)5-2-6-12(10)14/h2,5-6,15H,3-4,7-9H2,1H3. The number of nitrogens with zero attached hydrogens (tertiary/aromatic N) is 1. The van der Waals surface area contributed by atoms with Crippen LogP contribution in [0.25, 0.3) is 0 Å². The molecule has 0 radical (unpaired) electrons. The second-order valence-electron chi connectivity index (χ2n) is 4.86. The minimum absolute atomic E-state index is 0.483. The quantitative estimate of drug-likeness (QED) is 0.755. The van der Waals surface area contributed by atoms with E-state index in [0.29, 0.717) is 0 Å². The van der Waals surface area contributed by atoms with Gasteiger partial charge in [-0.3, -0.25) is 0 Å². The lowest BCUT2D eigenvalue weighted by Gasteiger charge is -2.30. The Balaban J connectivity index is 2.12. The van der Waals surface area contributed by atoms with Crippen LogP contribution in [0.1, 0.15) is 30.4 Å². The summed E-state index contributed by atoms with van der Waals surface area (Å²) in [5.41, 5.74) is 3.40. The molecule has 1 fully saturated rings. The molecule has 1 aliphatic carbocycles. The van der Waals surface area contributed by atoms with Crippen LogP contribution in [0.4, 0.5) is 5.69 Å². The first-order valence-electron chi connectivity index (χ1n) is 5.77. The first-order chi connectivity index (χ1) is 7.21. The van der Waals surface area contributed by atoms with Gasteiger partial charge in [0.1, 0.15) is 0 Å². The van der Waals surface area contributed by atoms with Gasteiger partial charge in [0.05, 0.1) is 5.60 Å². The highest BCUT2D eigenvalue weighted by molar-refractivity contribution is 5.59. The molecule has 0 amide bonds. The van der Waals surface area contributed by atoms with Gasteiger partial charge in [0, 0.05) is 19.3 Å². The van der Waals surface area contributed by atoms with Crippen LogP contribution in [0, 0.1) is 0 Å². The minimum atomic E-state index is -0.483. The van der Waals surface area contributed by atoms with Crippen LogP contribution in [-0.4, -0.2) is 18.7 Å². The van der Waals surface area contributed by atoms with E-state index in [-0.39, 0.29) is 0 Å². The van der Waals surface area contributed by atoms with Gasteiger partial charge in [0.15, 0.2) is 0 Å². The van der Waals surface area contributed by atoms with Gasteiger partial charge in [-0.1, -0.05) is 12.1 Å². The van der Waals surface area contributed by atoms with Gasteiger partial charge in [-0.15, -0.1) is 0 Å². The van der Waals surface area contributed by atoms with E-state index >= 15 is 0 Å². The van der Waals surface area contributed by atoms with Crippen molar-refractivity contribution in [2.45, 2.75) is 31.3 Å². The van der Waals surface area contributed by atoms with Crippen molar-refractivity contribution in [2.24, 2.45) is 0 Å². The van der Waals surface area contributed by atoms with E-state index in [9.17, 15) is 5.11 Å². The Morgan fingerprint density at radius 2 is 2.13 bits per heavy atom. The Hall–Kier alpha value is -1.02. The topological polar surface area (TPSA) is 23.5 Å². The Kier molecular flexibility index (Phi) is 1.84. The summed E-state index contributed by atoms with van der Waals surface area (Å²) in [6, 6.07) is 6.35. The fraction of sp³-hybridized carbons (Fsp3) is 0.538. The number of aliphatic hydroxyl groups is 1. The number of rotatable bonds is 1. The molecule has 1 aromatic rings. The van der Waals surface area contributed by atoms with Crippen molar-refractivity contribution in [3.8, 4) is 0 Å². The summed E-state index contributed by atoms with van der Waals surface area (Å²) in [5.74, 6) is 0. The third-order valence-electron chi connectivity index (χ3n) is 3.71. The Labute approximate surface area is 90.5 Å². The molecular weight excluding hydrogens is 186 g/mol. The molecule has 1 saturated carbocycles. The zero-order valence-electron chi connectivity index (χ0n) is 9.16. The largest absolute Gasteiger partial charge is 0.385 e. The molecule has 2 nitrogen and oxygen atoms in total. The Morgan fingerprint density at radius 1 is 1.33 bits per heavy atom. The van der Waals surface area contributed by atoms with E-state index in [1.807, 2.05) is 0 Å². The van der Waals surface area contributed by atoms with Crippen molar-refractivity contribution < 1.29 is 5.11 Å². The van der Waals surface area contributed by atoms with Crippen LogP contribution in [0.2, 0.25) is 0 Å². The summed E-state index contributed by atoms with van der Waals surface area (Å²) in [6.45, 7) is 1.13. The summed E-state index contributed by atoms with van der Waals surface area (Å²) in [5, 5.41) is 10.2. The average molecular weight is 203 g/mol. The third-order valence-corrected chi connectivity index (χ3v) is 3.71. The predicted octanol–water partition coefficient (Wildman–Crippen LogP) is 2.05. The van der Waals surface area contributed by atoms with Crippen molar-refractivity contribution in [2.75, 3.05) is 18.5 Å². The summed E-state index contributed by atoms with van der Waals surface area (Å²) < 4.78 is 0. The number of hydrogen-bond acceptors (Lipinski definition) is 2. The van der Waals surface area contributed by atoms with Crippen LogP contribution in [0.15, 0.2) is 18.2 Å². The van der Waals surface area contributed by atoms with E-state index in [2.05, 4.69) is 30.1 Å². The van der Waals surface area contributed by atoms with Crippen molar-refractivity contribution in [3.05, 3.63) is 29.3 Å². The van der Waals surface area contributed by atoms with Gasteiger partial charge in [-0.05, 0) is 42.9 Å². The molecule has 3 rings (SSSR count). The molecule has 1 aliphatic heterocycles. The maximum Gasteiger partial charge on any atom is 0.0902 e. The van der Waals surface area contributed by atoms with Gasteiger partial charge in [-0.25, -0.2) is 0 Å². The van der Waals surface area contributed by atoms with E-state index in [1.165, 1.54) is 23.2 Å². The highest BCUT2D eigenvalue weighted by Crippen LogP contribution is 2.48. The van der Waals surface area contributed by atoms with Crippen LogP contribution in [0.3, 0.4) is 0 Å². The molecule has 2 heteroatoms.